The Bertz CT molecular complexity index is 1020. The fourth-order valence-corrected chi connectivity index (χ4v) is 4.29. The third-order valence-corrected chi connectivity index (χ3v) is 5.98. The average Bonchev–Trinajstić information content (AvgIpc) is 3.07. The van der Waals surface area contributed by atoms with Crippen LogP contribution in [0.1, 0.15) is 48.5 Å². The van der Waals surface area contributed by atoms with Crippen LogP contribution in [0.15, 0.2) is 53.7 Å². The van der Waals surface area contributed by atoms with Gasteiger partial charge < -0.3 is 9.57 Å². The van der Waals surface area contributed by atoms with E-state index < -0.39 is 5.97 Å². The van der Waals surface area contributed by atoms with E-state index in [0.29, 0.717) is 22.7 Å². The molecule has 1 aliphatic heterocycles. The van der Waals surface area contributed by atoms with Gasteiger partial charge in [-0.15, -0.1) is 0 Å². The normalized spacial score (nSPS) is 21.1. The van der Waals surface area contributed by atoms with Gasteiger partial charge in [0.05, 0.1) is 30.3 Å². The molecule has 1 aliphatic carbocycles. The van der Waals surface area contributed by atoms with Crippen LogP contribution in [0.2, 0.25) is 0 Å². The molecule has 2 amide bonds. The monoisotopic (exact) mass is 420 g/mol. The largest absolute Gasteiger partial charge is 0.496 e. The number of fused-ring (bicyclic) bond motifs is 1. The maximum Gasteiger partial charge on any atom is 0.369 e. The highest BCUT2D eigenvalue weighted by molar-refractivity contribution is 6.22. The number of ether oxygens (including phenoxy) is 1. The molecule has 7 nitrogen and oxygen atoms in total. The van der Waals surface area contributed by atoms with Crippen molar-refractivity contribution in [3.05, 3.63) is 59.7 Å². The summed E-state index contributed by atoms with van der Waals surface area (Å²) < 4.78 is 5.16. The number of rotatable bonds is 5. The molecule has 0 unspecified atom stereocenters. The molecular weight excluding hydrogens is 396 g/mol. The van der Waals surface area contributed by atoms with Gasteiger partial charge in [-0.3, -0.25) is 14.5 Å². The van der Waals surface area contributed by atoms with E-state index in [1.54, 1.807) is 55.5 Å². The molecule has 0 aromatic heterocycles. The number of anilines is 1. The van der Waals surface area contributed by atoms with Gasteiger partial charge in [-0.2, -0.15) is 0 Å². The Kier molecular flexibility index (Phi) is 5.84. The Morgan fingerprint density at radius 3 is 2.19 bits per heavy atom. The summed E-state index contributed by atoms with van der Waals surface area (Å²) in [4.78, 5) is 44.2. The Morgan fingerprint density at radius 1 is 0.968 bits per heavy atom. The molecule has 2 aliphatic rings. The summed E-state index contributed by atoms with van der Waals surface area (Å²) in [7, 11) is 1.48. The molecule has 2 atom stereocenters. The molecule has 7 heteroatoms. The van der Waals surface area contributed by atoms with Gasteiger partial charge in [0.1, 0.15) is 11.3 Å². The van der Waals surface area contributed by atoms with Gasteiger partial charge in [0, 0.05) is 0 Å². The second-order valence-electron chi connectivity index (χ2n) is 7.81. The number of methoxy groups -OCH3 is 1. The molecule has 31 heavy (non-hydrogen) atoms. The molecule has 0 N–H and O–H groups in total. The van der Waals surface area contributed by atoms with Crippen molar-refractivity contribution in [2.24, 2.45) is 17.0 Å². The lowest BCUT2D eigenvalue weighted by atomic mass is 9.81. The van der Waals surface area contributed by atoms with Crippen molar-refractivity contribution in [2.75, 3.05) is 12.0 Å². The number of nitrogens with zero attached hydrogens (tertiary/aromatic N) is 2. The molecule has 0 bridgehead atoms. The Morgan fingerprint density at radius 2 is 1.58 bits per heavy atom. The van der Waals surface area contributed by atoms with E-state index in [4.69, 9.17) is 9.57 Å². The van der Waals surface area contributed by atoms with Gasteiger partial charge >= 0.3 is 5.97 Å². The summed E-state index contributed by atoms with van der Waals surface area (Å²) in [6.07, 6.45) is 3.56. The molecule has 0 spiro atoms. The van der Waals surface area contributed by atoms with Crippen molar-refractivity contribution < 1.29 is 24.0 Å². The molecule has 1 saturated heterocycles. The zero-order valence-electron chi connectivity index (χ0n) is 17.5. The van der Waals surface area contributed by atoms with Crippen molar-refractivity contribution in [3.63, 3.8) is 0 Å². The van der Waals surface area contributed by atoms with Gasteiger partial charge in [-0.1, -0.05) is 42.3 Å². The minimum Gasteiger partial charge on any atom is -0.496 e. The lowest BCUT2D eigenvalue weighted by Crippen LogP contribution is -2.30. The second-order valence-corrected chi connectivity index (χ2v) is 7.81. The van der Waals surface area contributed by atoms with Crippen molar-refractivity contribution in [1.29, 1.82) is 0 Å². The van der Waals surface area contributed by atoms with Gasteiger partial charge in [0.15, 0.2) is 0 Å². The van der Waals surface area contributed by atoms with Crippen molar-refractivity contribution in [1.82, 2.24) is 0 Å². The summed E-state index contributed by atoms with van der Waals surface area (Å²) in [5.74, 6) is -0.774. The van der Waals surface area contributed by atoms with Gasteiger partial charge in [0.2, 0.25) is 11.8 Å². The van der Waals surface area contributed by atoms with E-state index in [1.807, 2.05) is 0 Å². The summed E-state index contributed by atoms with van der Waals surface area (Å²) in [6.45, 7) is 1.71. The van der Waals surface area contributed by atoms with Gasteiger partial charge in [0.25, 0.3) is 0 Å². The van der Waals surface area contributed by atoms with Crippen LogP contribution in [0, 0.1) is 11.8 Å². The fraction of sp³-hybridized carbons (Fsp3) is 0.333. The first-order valence-corrected chi connectivity index (χ1v) is 10.4. The number of oxime groups is 1. The number of carbonyl (C=O) groups is 3. The van der Waals surface area contributed by atoms with Crippen LogP contribution in [0.5, 0.6) is 5.75 Å². The molecule has 4 rings (SSSR count). The number of hydrogen-bond donors (Lipinski definition) is 0. The van der Waals surface area contributed by atoms with Crippen LogP contribution < -0.4 is 9.64 Å². The van der Waals surface area contributed by atoms with E-state index >= 15 is 0 Å². The molecule has 0 radical (unpaired) electrons. The van der Waals surface area contributed by atoms with E-state index in [1.165, 1.54) is 12.0 Å². The third kappa shape index (κ3) is 3.95. The maximum absolute atomic E-state index is 12.7. The first-order valence-electron chi connectivity index (χ1n) is 10.4. The summed E-state index contributed by atoms with van der Waals surface area (Å²) in [5.41, 5.74) is 2.05. The number of benzene rings is 2. The second kappa shape index (κ2) is 8.71. The Labute approximate surface area is 180 Å². The molecule has 2 aromatic rings. The summed E-state index contributed by atoms with van der Waals surface area (Å²) in [5, 5.41) is 3.93. The maximum atomic E-state index is 12.7. The summed E-state index contributed by atoms with van der Waals surface area (Å²) in [6, 6.07) is 13.7. The topological polar surface area (TPSA) is 85.3 Å². The molecule has 2 aromatic carbocycles. The minimum absolute atomic E-state index is 0.0985. The van der Waals surface area contributed by atoms with E-state index in [2.05, 4.69) is 5.16 Å². The lowest BCUT2D eigenvalue weighted by molar-refractivity contribution is -0.122. The standard InChI is InChI=1S/C24H24N2O5/c1-15(25-31-24(29)20-9-5-6-10-21(20)30-2)16-11-13-17(14-12-16)26-22(27)18-7-3-4-8-19(18)23(26)28/h5-6,9-14,18-19H,3-4,7-8H2,1-2H3/b25-15+/t18-,19-/m1/s1. The molecular formula is C24H24N2O5. The van der Waals surface area contributed by atoms with E-state index in [-0.39, 0.29) is 29.2 Å². The predicted octanol–water partition coefficient (Wildman–Crippen LogP) is 3.96. The quantitative estimate of drug-likeness (QED) is 0.316. The van der Waals surface area contributed by atoms with Crippen LogP contribution >= 0.6 is 0 Å². The zero-order valence-corrected chi connectivity index (χ0v) is 17.5. The van der Waals surface area contributed by atoms with Crippen LogP contribution in [-0.2, 0) is 14.4 Å². The number of carbonyl (C=O) groups excluding carboxylic acids is 3. The molecule has 160 valence electrons. The molecule has 1 saturated carbocycles. The van der Waals surface area contributed by atoms with Crippen LogP contribution in [0.3, 0.4) is 0 Å². The number of hydrogen-bond acceptors (Lipinski definition) is 6. The predicted molar refractivity (Wildman–Crippen MR) is 115 cm³/mol. The highest BCUT2D eigenvalue weighted by Crippen LogP contribution is 2.40. The Balaban J connectivity index is 1.47. The third-order valence-electron chi connectivity index (χ3n) is 5.98. The van der Waals surface area contributed by atoms with Crippen LogP contribution in [-0.4, -0.2) is 30.6 Å². The van der Waals surface area contributed by atoms with Crippen molar-refractivity contribution in [3.8, 4) is 5.75 Å². The zero-order chi connectivity index (χ0) is 22.0. The number of amides is 2. The van der Waals surface area contributed by atoms with Gasteiger partial charge in [-0.25, -0.2) is 4.79 Å². The minimum atomic E-state index is -0.621. The van der Waals surface area contributed by atoms with E-state index in [9.17, 15) is 14.4 Å². The highest BCUT2D eigenvalue weighted by atomic mass is 16.7. The first kappa shape index (κ1) is 20.8. The van der Waals surface area contributed by atoms with E-state index in [0.717, 1.165) is 25.7 Å². The fourth-order valence-electron chi connectivity index (χ4n) is 4.29. The van der Waals surface area contributed by atoms with Gasteiger partial charge in [-0.05, 0) is 49.6 Å². The van der Waals surface area contributed by atoms with Crippen molar-refractivity contribution >= 4 is 29.2 Å². The molecule has 1 heterocycles. The highest BCUT2D eigenvalue weighted by Gasteiger charge is 2.48. The smallest absolute Gasteiger partial charge is 0.369 e. The lowest BCUT2D eigenvalue weighted by Gasteiger charge is -2.19. The first-order chi connectivity index (χ1) is 15.0. The van der Waals surface area contributed by atoms with Crippen LogP contribution in [0.25, 0.3) is 0 Å². The number of para-hydroxylation sites is 1. The SMILES string of the molecule is COc1ccccc1C(=O)O/N=C(\C)c1ccc(N2C(=O)[C@@H]3CCCC[C@H]3C2=O)cc1. The molecule has 2 fully saturated rings. The number of imide groups is 1. The summed E-state index contributed by atoms with van der Waals surface area (Å²) >= 11 is 0. The average molecular weight is 420 g/mol. The van der Waals surface area contributed by atoms with Crippen molar-refractivity contribution in [2.45, 2.75) is 32.6 Å². The Hall–Kier alpha value is -3.48. The van der Waals surface area contributed by atoms with Crippen LogP contribution in [0.4, 0.5) is 5.69 Å².